The van der Waals surface area contributed by atoms with Gasteiger partial charge >= 0.3 is 0 Å². The van der Waals surface area contributed by atoms with Crippen molar-refractivity contribution in [2.24, 2.45) is 11.8 Å². The van der Waals surface area contributed by atoms with Gasteiger partial charge in [0.05, 0.1) is 29.6 Å². The first-order chi connectivity index (χ1) is 18.2. The lowest BCUT2D eigenvalue weighted by atomic mass is 9.75. The first-order valence-corrected chi connectivity index (χ1v) is 15.3. The number of amides is 1. The predicted octanol–water partition coefficient (Wildman–Crippen LogP) is 0.661. The molecule has 1 aromatic carbocycles. The van der Waals surface area contributed by atoms with E-state index in [0.717, 1.165) is 67.6 Å². The van der Waals surface area contributed by atoms with E-state index < -0.39 is 26.8 Å². The lowest BCUT2D eigenvalue weighted by molar-refractivity contribution is -0.116. The summed E-state index contributed by atoms with van der Waals surface area (Å²) >= 11 is 0. The fourth-order valence-electron chi connectivity index (χ4n) is 6.77. The van der Waals surface area contributed by atoms with Crippen molar-refractivity contribution >= 4 is 27.3 Å². The minimum absolute atomic E-state index is 0.0383. The normalized spacial score (nSPS) is 30.9. The van der Waals surface area contributed by atoms with E-state index in [0.29, 0.717) is 31.3 Å². The molecule has 4 unspecified atom stereocenters. The molecule has 2 saturated heterocycles. The molecule has 38 heavy (non-hydrogen) atoms. The van der Waals surface area contributed by atoms with Crippen LogP contribution in [0.3, 0.4) is 0 Å². The largest absolute Gasteiger partial charge is 0.489 e. The molecule has 0 aromatic heterocycles. The third-order valence-electron chi connectivity index (χ3n) is 9.13. The molecular formula is C26H39N5O6S. The highest BCUT2D eigenvalue weighted by atomic mass is 32.2. The molecule has 4 fully saturated rings. The van der Waals surface area contributed by atoms with Gasteiger partial charge < -0.3 is 24.8 Å². The third-order valence-corrected chi connectivity index (χ3v) is 11.4. The lowest BCUT2D eigenvalue weighted by Gasteiger charge is -2.40. The molecule has 2 aliphatic carbocycles. The molecule has 6 rings (SSSR count). The molecule has 3 aliphatic heterocycles. The van der Waals surface area contributed by atoms with Gasteiger partial charge in [-0.25, -0.2) is 8.42 Å². The van der Waals surface area contributed by atoms with Crippen molar-refractivity contribution in [3.63, 3.8) is 0 Å². The van der Waals surface area contributed by atoms with Crippen LogP contribution in [0.4, 0.5) is 11.4 Å². The fourth-order valence-corrected chi connectivity index (χ4v) is 8.66. The molecule has 11 nitrogen and oxygen atoms in total. The molecule has 4 atom stereocenters. The average molecular weight is 550 g/mol. The first-order valence-electron chi connectivity index (χ1n) is 13.8. The Morgan fingerprint density at radius 3 is 2.79 bits per heavy atom. The number of benzene rings is 1. The number of aliphatic hydroxyl groups is 1. The lowest BCUT2D eigenvalue weighted by Crippen LogP contribution is -2.55. The Labute approximate surface area is 224 Å². The van der Waals surface area contributed by atoms with E-state index in [1.165, 1.54) is 7.05 Å². The zero-order chi connectivity index (χ0) is 26.5. The van der Waals surface area contributed by atoms with E-state index in [9.17, 15) is 18.3 Å². The average Bonchev–Trinajstić information content (AvgIpc) is 3.49. The number of carbonyl (C=O) groups excluding carboxylic acids is 1. The van der Waals surface area contributed by atoms with E-state index in [2.05, 4.69) is 21.1 Å². The smallest absolute Gasteiger partial charge is 0.239 e. The number of ether oxygens (including phenoxy) is 2. The number of nitrogens with zero attached hydrogens (tertiary/aromatic N) is 2. The van der Waals surface area contributed by atoms with Crippen molar-refractivity contribution in [3.8, 4) is 5.75 Å². The van der Waals surface area contributed by atoms with Crippen molar-refractivity contribution in [2.45, 2.75) is 61.5 Å². The standard InChI is InChI=1S/C26H39N5O6S/c1-30(38(34,35)23-13-18(26(33)6-7-26)12-17-15-27-29-25(17)23)16-24(32)28-19-2-3-21-22(14-19)37-11-8-31(21)20-4-9-36-10-5-20/h2-3,14,17-18,20,23,25,27,29,33H,4-13,15-16H2,1H3,(H,28,32). The zero-order valence-corrected chi connectivity index (χ0v) is 22.7. The minimum Gasteiger partial charge on any atom is -0.489 e. The maximum atomic E-state index is 13.6. The summed E-state index contributed by atoms with van der Waals surface area (Å²) in [7, 11) is -2.32. The minimum atomic E-state index is -3.79. The molecule has 210 valence electrons. The SMILES string of the molecule is CN(CC(=O)Nc1ccc2c(c1)OCCN2C1CCOCC1)S(=O)(=O)C1CC(C2(O)CC2)CC2CNNC21. The Morgan fingerprint density at radius 2 is 2.03 bits per heavy atom. The highest BCUT2D eigenvalue weighted by molar-refractivity contribution is 7.89. The Kier molecular flexibility index (Phi) is 7.06. The van der Waals surface area contributed by atoms with Crippen LogP contribution in [0.25, 0.3) is 0 Å². The van der Waals surface area contributed by atoms with Crippen LogP contribution in [-0.4, -0.2) is 93.2 Å². The van der Waals surface area contributed by atoms with Crippen LogP contribution in [0.1, 0.15) is 38.5 Å². The number of hydrogen-bond donors (Lipinski definition) is 4. The maximum Gasteiger partial charge on any atom is 0.239 e. The highest BCUT2D eigenvalue weighted by Gasteiger charge is 2.56. The molecule has 4 N–H and O–H groups in total. The van der Waals surface area contributed by atoms with Gasteiger partial charge in [0.15, 0.2) is 0 Å². The summed E-state index contributed by atoms with van der Waals surface area (Å²) in [4.78, 5) is 15.3. The number of hydrogen-bond acceptors (Lipinski definition) is 9. The molecular weight excluding hydrogens is 510 g/mol. The van der Waals surface area contributed by atoms with Gasteiger partial charge in [0.25, 0.3) is 0 Å². The fraction of sp³-hybridized carbons (Fsp3) is 0.731. The van der Waals surface area contributed by atoms with E-state index in [4.69, 9.17) is 9.47 Å². The Balaban J connectivity index is 1.11. The third kappa shape index (κ3) is 5.02. The van der Waals surface area contributed by atoms with E-state index in [1.54, 1.807) is 0 Å². The van der Waals surface area contributed by atoms with Crippen molar-refractivity contribution in [3.05, 3.63) is 18.2 Å². The van der Waals surface area contributed by atoms with Crippen LogP contribution in [0.2, 0.25) is 0 Å². The predicted molar refractivity (Wildman–Crippen MR) is 142 cm³/mol. The molecule has 0 radical (unpaired) electrons. The van der Waals surface area contributed by atoms with Crippen molar-refractivity contribution in [2.75, 3.05) is 56.7 Å². The van der Waals surface area contributed by atoms with Crippen LogP contribution in [0, 0.1) is 11.8 Å². The molecule has 1 aromatic rings. The maximum absolute atomic E-state index is 13.6. The summed E-state index contributed by atoms with van der Waals surface area (Å²) in [5.74, 6) is 0.411. The molecule has 2 saturated carbocycles. The van der Waals surface area contributed by atoms with Crippen LogP contribution in [0.15, 0.2) is 18.2 Å². The number of rotatable bonds is 7. The molecule has 0 spiro atoms. The quantitative estimate of drug-likeness (QED) is 0.387. The van der Waals surface area contributed by atoms with Gasteiger partial charge in [-0.3, -0.25) is 15.6 Å². The number of likely N-dealkylation sites (N-methyl/N-ethyl adjacent to an activating group) is 1. The van der Waals surface area contributed by atoms with Crippen molar-refractivity contribution < 1.29 is 27.8 Å². The summed E-state index contributed by atoms with van der Waals surface area (Å²) in [5, 5.41) is 12.9. The summed E-state index contributed by atoms with van der Waals surface area (Å²) in [5.41, 5.74) is 7.11. The van der Waals surface area contributed by atoms with Crippen LogP contribution in [0.5, 0.6) is 5.75 Å². The van der Waals surface area contributed by atoms with Gasteiger partial charge in [0, 0.05) is 50.6 Å². The summed E-state index contributed by atoms with van der Waals surface area (Å²) < 4.78 is 39.9. The van der Waals surface area contributed by atoms with Crippen molar-refractivity contribution in [1.82, 2.24) is 15.2 Å². The van der Waals surface area contributed by atoms with Crippen LogP contribution >= 0.6 is 0 Å². The van der Waals surface area contributed by atoms with E-state index in [-0.39, 0.29) is 24.4 Å². The summed E-state index contributed by atoms with van der Waals surface area (Å²) in [6, 6.07) is 5.79. The number of fused-ring (bicyclic) bond motifs is 2. The number of carbonyl (C=O) groups is 1. The molecule has 1 amide bonds. The van der Waals surface area contributed by atoms with Gasteiger partial charge in [-0.1, -0.05) is 0 Å². The zero-order valence-electron chi connectivity index (χ0n) is 21.9. The van der Waals surface area contributed by atoms with Gasteiger partial charge in [0.2, 0.25) is 15.9 Å². The number of nitrogens with one attached hydrogen (secondary N) is 3. The van der Waals surface area contributed by atoms with E-state index >= 15 is 0 Å². The second-order valence-corrected chi connectivity index (χ2v) is 13.8. The number of sulfonamides is 1. The Bertz CT molecular complexity index is 1150. The Morgan fingerprint density at radius 1 is 1.24 bits per heavy atom. The second-order valence-electron chi connectivity index (χ2n) is 11.5. The van der Waals surface area contributed by atoms with Gasteiger partial charge in [0.1, 0.15) is 12.4 Å². The van der Waals surface area contributed by atoms with E-state index in [1.807, 2.05) is 18.2 Å². The van der Waals surface area contributed by atoms with Gasteiger partial charge in [-0.2, -0.15) is 4.31 Å². The van der Waals surface area contributed by atoms with Crippen LogP contribution in [-0.2, 0) is 19.6 Å². The molecule has 12 heteroatoms. The van der Waals surface area contributed by atoms with Gasteiger partial charge in [-0.05, 0) is 62.5 Å². The number of hydrazine groups is 1. The first kappa shape index (κ1) is 26.3. The summed E-state index contributed by atoms with van der Waals surface area (Å²) in [6.07, 6.45) is 4.63. The number of anilines is 2. The molecule has 5 aliphatic rings. The molecule has 3 heterocycles. The summed E-state index contributed by atoms with van der Waals surface area (Å²) in [6.45, 7) is 3.31. The van der Waals surface area contributed by atoms with Crippen molar-refractivity contribution in [1.29, 1.82) is 0 Å². The second kappa shape index (κ2) is 10.2. The monoisotopic (exact) mass is 549 g/mol. The molecule has 0 bridgehead atoms. The topological polar surface area (TPSA) is 132 Å². The van der Waals surface area contributed by atoms with Crippen LogP contribution < -0.4 is 25.8 Å². The van der Waals surface area contributed by atoms with Gasteiger partial charge in [-0.15, -0.1) is 0 Å². The Hall–Kier alpha value is -1.96. The highest BCUT2D eigenvalue weighted by Crippen LogP contribution is 2.50.